The first-order valence-electron chi connectivity index (χ1n) is 14.7. The maximum Gasteiger partial charge on any atom is 0.488 e. The highest BCUT2D eigenvalue weighted by atomic mass is 32.1. The van der Waals surface area contributed by atoms with E-state index in [9.17, 15) is 4.79 Å². The van der Waals surface area contributed by atoms with Gasteiger partial charge in [-0.1, -0.05) is 54.6 Å². The Morgan fingerprint density at radius 2 is 1.64 bits per heavy atom. The molecule has 0 unspecified atom stereocenters. The van der Waals surface area contributed by atoms with Gasteiger partial charge in [0.25, 0.3) is 5.91 Å². The first-order chi connectivity index (χ1) is 22.8. The number of hydrogen-bond acceptors (Lipinski definition) is 8. The molecule has 3 aromatic heterocycles. The zero-order valence-corrected chi connectivity index (χ0v) is 26.4. The van der Waals surface area contributed by atoms with Gasteiger partial charge in [-0.3, -0.25) is 4.79 Å². The second-order valence-corrected chi connectivity index (χ2v) is 11.5. The molecule has 0 fully saturated rings. The van der Waals surface area contributed by atoms with Crippen LogP contribution in [0.5, 0.6) is 17.2 Å². The molecular weight excluding hydrogens is 611 g/mol. The minimum atomic E-state index is -1.44. The fraction of sp³-hybridized carbons (Fsp3) is 0.0556. The van der Waals surface area contributed by atoms with Gasteiger partial charge in [0.1, 0.15) is 28.8 Å². The number of aryl methyl sites for hydroxylation is 1. The lowest BCUT2D eigenvalue weighted by Gasteiger charge is -2.12. The van der Waals surface area contributed by atoms with Crippen LogP contribution >= 0.6 is 11.3 Å². The lowest BCUT2D eigenvalue weighted by atomic mass is 9.80. The fourth-order valence-corrected chi connectivity index (χ4v) is 6.18. The topological polar surface area (TPSA) is 132 Å². The van der Waals surface area contributed by atoms with Crippen molar-refractivity contribution in [3.63, 3.8) is 0 Å². The quantitative estimate of drug-likeness (QED) is 0.147. The van der Waals surface area contributed by atoms with Crippen molar-refractivity contribution in [3.8, 4) is 28.4 Å². The Balaban J connectivity index is 0.000000203. The van der Waals surface area contributed by atoms with Crippen LogP contribution in [0.4, 0.5) is 11.5 Å². The number of pyridine rings is 1. The second-order valence-electron chi connectivity index (χ2n) is 10.6. The maximum absolute atomic E-state index is 13.0. The zero-order valence-electron chi connectivity index (χ0n) is 25.6. The average molecular weight is 643 g/mol. The number of thiophene rings is 1. The number of rotatable bonds is 7. The minimum Gasteiger partial charge on any atom is -0.495 e. The SMILES string of the molecule is COc1cc(-c2csc3ccnc(N)c23)ccc1NC(=O)c1cc2ccccc2n1C.OB(O)c1ccc(Oc2ccccc2)cc1. The van der Waals surface area contributed by atoms with E-state index in [0.29, 0.717) is 34.2 Å². The molecule has 4 aromatic carbocycles. The second kappa shape index (κ2) is 13.8. The van der Waals surface area contributed by atoms with Gasteiger partial charge in [0, 0.05) is 39.8 Å². The minimum absolute atomic E-state index is 0.195. The van der Waals surface area contributed by atoms with Crippen molar-refractivity contribution in [2.75, 3.05) is 18.2 Å². The van der Waals surface area contributed by atoms with Gasteiger partial charge in [-0.05, 0) is 71.0 Å². The Bertz CT molecular complexity index is 2160. The van der Waals surface area contributed by atoms with Crippen molar-refractivity contribution in [1.82, 2.24) is 9.55 Å². The molecule has 11 heteroatoms. The highest BCUT2D eigenvalue weighted by Gasteiger charge is 2.17. The normalized spacial score (nSPS) is 10.7. The number of nitrogens with one attached hydrogen (secondary N) is 1. The molecule has 0 aliphatic rings. The summed E-state index contributed by atoms with van der Waals surface area (Å²) in [5.74, 6) is 2.29. The highest BCUT2D eigenvalue weighted by molar-refractivity contribution is 7.17. The van der Waals surface area contributed by atoms with Gasteiger partial charge in [0.05, 0.1) is 12.8 Å². The van der Waals surface area contributed by atoms with E-state index in [1.807, 2.05) is 96.5 Å². The third kappa shape index (κ3) is 6.82. The number of para-hydroxylation sites is 2. The predicted octanol–water partition coefficient (Wildman–Crippen LogP) is 6.46. The van der Waals surface area contributed by atoms with Crippen molar-refractivity contribution >= 4 is 62.3 Å². The summed E-state index contributed by atoms with van der Waals surface area (Å²) in [7, 11) is 2.04. The molecule has 0 saturated heterocycles. The van der Waals surface area contributed by atoms with E-state index in [2.05, 4.69) is 15.7 Å². The standard InChI is InChI=1S/C24H20N4O2S.C12H11BO3/c1-28-18-6-4-3-5-15(18)11-19(28)24(29)27-17-8-7-14(12-20(17)30-2)16-13-31-21-9-10-26-23(25)22(16)21;14-13(15)10-6-8-12(9-7-10)16-11-4-2-1-3-5-11/h3-13H,1-2H3,(H2,25,26)(H,27,29);1-9,14-15H. The molecule has 0 aliphatic heterocycles. The predicted molar refractivity (Wildman–Crippen MR) is 190 cm³/mol. The number of aromatic nitrogens is 2. The van der Waals surface area contributed by atoms with Gasteiger partial charge in [0.15, 0.2) is 0 Å². The number of nitrogen functional groups attached to an aromatic ring is 1. The number of carbonyl (C=O) groups is 1. The van der Waals surface area contributed by atoms with Gasteiger partial charge in [-0.25, -0.2) is 4.98 Å². The number of benzene rings is 4. The van der Waals surface area contributed by atoms with Crippen LogP contribution in [0, 0.1) is 0 Å². The lowest BCUT2D eigenvalue weighted by molar-refractivity contribution is 0.101. The zero-order chi connectivity index (χ0) is 32.9. The first kappa shape index (κ1) is 31.4. The number of fused-ring (bicyclic) bond motifs is 2. The first-order valence-corrected chi connectivity index (χ1v) is 15.5. The Kier molecular flexibility index (Phi) is 9.21. The van der Waals surface area contributed by atoms with Crippen LogP contribution in [0.15, 0.2) is 121 Å². The van der Waals surface area contributed by atoms with Crippen LogP contribution in [0.3, 0.4) is 0 Å². The lowest BCUT2D eigenvalue weighted by Crippen LogP contribution is -2.29. The van der Waals surface area contributed by atoms with E-state index in [0.717, 1.165) is 37.9 Å². The fourth-order valence-electron chi connectivity index (χ4n) is 5.21. The van der Waals surface area contributed by atoms with Crippen molar-refractivity contribution in [2.45, 2.75) is 0 Å². The summed E-state index contributed by atoms with van der Waals surface area (Å²) in [5.41, 5.74) is 10.7. The van der Waals surface area contributed by atoms with E-state index >= 15 is 0 Å². The molecule has 234 valence electrons. The number of anilines is 2. The van der Waals surface area contributed by atoms with Gasteiger partial charge in [0.2, 0.25) is 0 Å². The van der Waals surface area contributed by atoms with Crippen molar-refractivity contribution < 1.29 is 24.3 Å². The summed E-state index contributed by atoms with van der Waals surface area (Å²) >= 11 is 1.62. The van der Waals surface area contributed by atoms with Crippen molar-refractivity contribution in [2.24, 2.45) is 7.05 Å². The van der Waals surface area contributed by atoms with E-state index < -0.39 is 7.12 Å². The number of carbonyl (C=O) groups excluding carboxylic acids is 1. The molecule has 7 rings (SSSR count). The molecule has 0 saturated carbocycles. The number of ether oxygens (including phenoxy) is 2. The van der Waals surface area contributed by atoms with Crippen LogP contribution in [0.25, 0.3) is 32.1 Å². The van der Waals surface area contributed by atoms with E-state index in [4.69, 9.17) is 25.3 Å². The molecular formula is C36H31BN4O5S. The highest BCUT2D eigenvalue weighted by Crippen LogP contribution is 2.39. The van der Waals surface area contributed by atoms with Gasteiger partial charge >= 0.3 is 7.12 Å². The molecule has 0 atom stereocenters. The molecule has 1 amide bonds. The molecule has 0 bridgehead atoms. The van der Waals surface area contributed by atoms with Crippen LogP contribution < -0.4 is 26.0 Å². The smallest absolute Gasteiger partial charge is 0.488 e. The molecule has 3 heterocycles. The average Bonchev–Trinajstić information content (AvgIpc) is 3.68. The number of hydrogen-bond donors (Lipinski definition) is 4. The molecule has 5 N–H and O–H groups in total. The summed E-state index contributed by atoms with van der Waals surface area (Å²) in [6.07, 6.45) is 1.71. The number of amides is 1. The molecule has 0 spiro atoms. The monoisotopic (exact) mass is 642 g/mol. The maximum atomic E-state index is 13.0. The van der Waals surface area contributed by atoms with Gasteiger partial charge in [-0.15, -0.1) is 11.3 Å². The number of nitrogens with zero attached hydrogens (tertiary/aromatic N) is 2. The molecule has 7 aromatic rings. The largest absolute Gasteiger partial charge is 0.495 e. The molecule has 0 radical (unpaired) electrons. The summed E-state index contributed by atoms with van der Waals surface area (Å²) in [4.78, 5) is 17.2. The van der Waals surface area contributed by atoms with Gasteiger partial charge < -0.3 is 35.1 Å². The third-order valence-corrected chi connectivity index (χ3v) is 8.57. The third-order valence-electron chi connectivity index (χ3n) is 7.62. The molecule has 47 heavy (non-hydrogen) atoms. The Hall–Kier alpha value is -5.62. The molecule has 0 aliphatic carbocycles. The summed E-state index contributed by atoms with van der Waals surface area (Å²) in [6.45, 7) is 0. The van der Waals surface area contributed by atoms with E-state index in [1.165, 1.54) is 0 Å². The van der Waals surface area contributed by atoms with Crippen molar-refractivity contribution in [1.29, 1.82) is 0 Å². The van der Waals surface area contributed by atoms with Crippen molar-refractivity contribution in [3.05, 3.63) is 126 Å². The van der Waals surface area contributed by atoms with Crippen LogP contribution in [-0.2, 0) is 7.05 Å². The van der Waals surface area contributed by atoms with E-state index in [1.54, 1.807) is 48.9 Å². The van der Waals surface area contributed by atoms with Crippen LogP contribution in [-0.4, -0.2) is 39.7 Å². The van der Waals surface area contributed by atoms with Gasteiger partial charge in [-0.2, -0.15) is 0 Å². The van der Waals surface area contributed by atoms with Crippen LogP contribution in [0.2, 0.25) is 0 Å². The Morgan fingerprint density at radius 3 is 2.36 bits per heavy atom. The molecule has 9 nitrogen and oxygen atoms in total. The summed E-state index contributed by atoms with van der Waals surface area (Å²) in [6, 6.07) is 33.5. The Labute approximate surface area is 275 Å². The van der Waals surface area contributed by atoms with Crippen LogP contribution in [0.1, 0.15) is 10.5 Å². The summed E-state index contributed by atoms with van der Waals surface area (Å²) in [5, 5.41) is 24.8. The van der Waals surface area contributed by atoms with E-state index in [-0.39, 0.29) is 5.91 Å². The summed E-state index contributed by atoms with van der Waals surface area (Å²) < 4.78 is 14.1. The Morgan fingerprint density at radius 1 is 0.915 bits per heavy atom. The number of nitrogens with two attached hydrogens (primary N) is 1. The number of methoxy groups -OCH3 is 1.